The largest absolute Gasteiger partial charge is 0.394 e. The van der Waals surface area contributed by atoms with Crippen molar-refractivity contribution >= 4 is 21.7 Å². The van der Waals surface area contributed by atoms with E-state index in [1.165, 1.54) is 0 Å². The van der Waals surface area contributed by atoms with Gasteiger partial charge in [0.25, 0.3) is 0 Å². The maximum atomic E-state index is 8.94. The number of aliphatic hydroxyl groups is 1. The molecule has 0 aromatic carbocycles. The maximum Gasteiger partial charge on any atom is 0.126 e. The number of halogens is 1. The van der Waals surface area contributed by atoms with Crippen LogP contribution in [-0.2, 0) is 0 Å². The number of nitrogens with zero attached hydrogens (tertiary/aromatic N) is 1. The fourth-order valence-electron chi connectivity index (χ4n) is 0.947. The average Bonchev–Trinajstić information content (AvgIpc) is 2.17. The summed E-state index contributed by atoms with van der Waals surface area (Å²) in [6.07, 6.45) is 2.61. The number of nitrogens with one attached hydrogen (secondary N) is 1. The summed E-state index contributed by atoms with van der Waals surface area (Å²) in [5.41, 5.74) is 0. The van der Waals surface area contributed by atoms with Gasteiger partial charge in [-0.1, -0.05) is 6.92 Å². The minimum Gasteiger partial charge on any atom is -0.394 e. The van der Waals surface area contributed by atoms with E-state index in [2.05, 4.69) is 26.2 Å². The SMILES string of the molecule is CC[C@@H](CO)Nc1ccc(Br)cn1. The summed E-state index contributed by atoms with van der Waals surface area (Å²) in [5, 5.41) is 12.1. The quantitative estimate of drug-likeness (QED) is 0.853. The highest BCUT2D eigenvalue weighted by atomic mass is 79.9. The summed E-state index contributed by atoms with van der Waals surface area (Å²) in [6, 6.07) is 3.88. The third kappa shape index (κ3) is 3.32. The molecule has 72 valence electrons. The number of aromatic nitrogens is 1. The Kier molecular flexibility index (Phi) is 4.18. The van der Waals surface area contributed by atoms with E-state index in [4.69, 9.17) is 5.11 Å². The summed E-state index contributed by atoms with van der Waals surface area (Å²) >= 11 is 3.31. The number of pyridine rings is 1. The Labute approximate surface area is 86.3 Å². The Morgan fingerprint density at radius 2 is 2.38 bits per heavy atom. The van der Waals surface area contributed by atoms with E-state index in [0.29, 0.717) is 0 Å². The fraction of sp³-hybridized carbons (Fsp3) is 0.444. The van der Waals surface area contributed by atoms with Crippen molar-refractivity contribution in [2.45, 2.75) is 19.4 Å². The van der Waals surface area contributed by atoms with Crippen molar-refractivity contribution in [1.82, 2.24) is 4.98 Å². The third-order valence-corrected chi connectivity index (χ3v) is 2.26. The monoisotopic (exact) mass is 244 g/mol. The number of aliphatic hydroxyl groups excluding tert-OH is 1. The maximum absolute atomic E-state index is 8.94. The lowest BCUT2D eigenvalue weighted by atomic mass is 10.2. The van der Waals surface area contributed by atoms with Crippen LogP contribution in [0.4, 0.5) is 5.82 Å². The van der Waals surface area contributed by atoms with Gasteiger partial charge in [0, 0.05) is 10.7 Å². The molecule has 1 aromatic heterocycles. The first-order chi connectivity index (χ1) is 6.26. The molecule has 0 radical (unpaired) electrons. The molecule has 0 aliphatic heterocycles. The highest BCUT2D eigenvalue weighted by Gasteiger charge is 2.03. The lowest BCUT2D eigenvalue weighted by Gasteiger charge is -2.14. The molecule has 1 heterocycles. The topological polar surface area (TPSA) is 45.1 Å². The zero-order valence-corrected chi connectivity index (χ0v) is 9.08. The Hall–Kier alpha value is -0.610. The number of hydrogen-bond acceptors (Lipinski definition) is 3. The van der Waals surface area contributed by atoms with Gasteiger partial charge in [0.2, 0.25) is 0 Å². The molecule has 1 atom stereocenters. The van der Waals surface area contributed by atoms with Crippen LogP contribution >= 0.6 is 15.9 Å². The predicted molar refractivity (Wildman–Crippen MR) is 56.7 cm³/mol. The first kappa shape index (κ1) is 10.5. The molecule has 0 aliphatic carbocycles. The molecule has 0 fully saturated rings. The van der Waals surface area contributed by atoms with Crippen molar-refractivity contribution in [3.63, 3.8) is 0 Å². The Morgan fingerprint density at radius 3 is 2.85 bits per heavy atom. The summed E-state index contributed by atoms with van der Waals surface area (Å²) in [6.45, 7) is 2.15. The van der Waals surface area contributed by atoms with Gasteiger partial charge in [-0.15, -0.1) is 0 Å². The third-order valence-electron chi connectivity index (χ3n) is 1.79. The van der Waals surface area contributed by atoms with E-state index in [9.17, 15) is 0 Å². The molecule has 0 bridgehead atoms. The molecule has 4 heteroatoms. The van der Waals surface area contributed by atoms with Crippen molar-refractivity contribution in [2.24, 2.45) is 0 Å². The summed E-state index contributed by atoms with van der Waals surface area (Å²) in [4.78, 5) is 4.14. The highest BCUT2D eigenvalue weighted by Crippen LogP contribution is 2.11. The van der Waals surface area contributed by atoms with E-state index < -0.39 is 0 Å². The molecule has 0 amide bonds. The van der Waals surface area contributed by atoms with E-state index in [-0.39, 0.29) is 12.6 Å². The van der Waals surface area contributed by atoms with Crippen molar-refractivity contribution in [3.8, 4) is 0 Å². The first-order valence-corrected chi connectivity index (χ1v) is 5.04. The zero-order valence-electron chi connectivity index (χ0n) is 7.50. The Morgan fingerprint density at radius 1 is 1.62 bits per heavy atom. The van der Waals surface area contributed by atoms with Crippen LogP contribution in [0.1, 0.15) is 13.3 Å². The van der Waals surface area contributed by atoms with Crippen LogP contribution in [0, 0.1) is 0 Å². The molecular formula is C9H13BrN2O. The van der Waals surface area contributed by atoms with Crippen LogP contribution in [0.2, 0.25) is 0 Å². The van der Waals surface area contributed by atoms with Crippen molar-refractivity contribution < 1.29 is 5.11 Å². The van der Waals surface area contributed by atoms with Gasteiger partial charge in [0.05, 0.1) is 12.6 Å². The van der Waals surface area contributed by atoms with Crippen molar-refractivity contribution in [1.29, 1.82) is 0 Å². The minimum absolute atomic E-state index is 0.0914. The van der Waals surface area contributed by atoms with E-state index in [1.807, 2.05) is 19.1 Å². The Bertz CT molecular complexity index is 246. The first-order valence-electron chi connectivity index (χ1n) is 4.25. The van der Waals surface area contributed by atoms with E-state index in [1.54, 1.807) is 6.20 Å². The molecule has 0 saturated carbocycles. The Balaban J connectivity index is 2.58. The van der Waals surface area contributed by atoms with Gasteiger partial charge in [0.1, 0.15) is 5.82 Å². The van der Waals surface area contributed by atoms with Gasteiger partial charge in [-0.2, -0.15) is 0 Å². The van der Waals surface area contributed by atoms with Crippen molar-refractivity contribution in [2.75, 3.05) is 11.9 Å². The van der Waals surface area contributed by atoms with Crippen LogP contribution in [0.25, 0.3) is 0 Å². The van der Waals surface area contributed by atoms with Gasteiger partial charge in [0.15, 0.2) is 0 Å². The van der Waals surface area contributed by atoms with Gasteiger partial charge in [-0.3, -0.25) is 0 Å². The van der Waals surface area contributed by atoms with Crippen LogP contribution in [0.15, 0.2) is 22.8 Å². The van der Waals surface area contributed by atoms with Gasteiger partial charge >= 0.3 is 0 Å². The van der Waals surface area contributed by atoms with E-state index >= 15 is 0 Å². The second-order valence-electron chi connectivity index (χ2n) is 2.79. The second kappa shape index (κ2) is 5.19. The number of hydrogen-bond donors (Lipinski definition) is 2. The summed E-state index contributed by atoms with van der Waals surface area (Å²) in [5.74, 6) is 0.795. The molecule has 2 N–H and O–H groups in total. The highest BCUT2D eigenvalue weighted by molar-refractivity contribution is 9.10. The molecule has 13 heavy (non-hydrogen) atoms. The molecule has 1 aromatic rings. The minimum atomic E-state index is 0.0914. The van der Waals surface area contributed by atoms with Crippen molar-refractivity contribution in [3.05, 3.63) is 22.8 Å². The molecule has 0 unspecified atom stereocenters. The molecular weight excluding hydrogens is 232 g/mol. The smallest absolute Gasteiger partial charge is 0.126 e. The van der Waals surface area contributed by atoms with Crippen LogP contribution in [-0.4, -0.2) is 22.7 Å². The normalized spacial score (nSPS) is 12.5. The number of anilines is 1. The van der Waals surface area contributed by atoms with Crippen LogP contribution in [0.3, 0.4) is 0 Å². The van der Waals surface area contributed by atoms with Gasteiger partial charge in [-0.05, 0) is 34.5 Å². The molecule has 0 spiro atoms. The lowest BCUT2D eigenvalue weighted by Crippen LogP contribution is -2.22. The van der Waals surface area contributed by atoms with Gasteiger partial charge in [-0.25, -0.2) is 4.98 Å². The fourth-order valence-corrected chi connectivity index (χ4v) is 1.18. The zero-order chi connectivity index (χ0) is 9.68. The lowest BCUT2D eigenvalue weighted by molar-refractivity contribution is 0.271. The molecule has 0 saturated heterocycles. The standard InChI is InChI=1S/C9H13BrN2O/c1-2-8(6-13)12-9-4-3-7(10)5-11-9/h3-5,8,13H,2,6H2,1H3,(H,11,12)/t8-/m0/s1. The summed E-state index contributed by atoms with van der Waals surface area (Å²) < 4.78 is 0.954. The van der Waals surface area contributed by atoms with Gasteiger partial charge < -0.3 is 10.4 Å². The summed E-state index contributed by atoms with van der Waals surface area (Å²) in [7, 11) is 0. The average molecular weight is 245 g/mol. The second-order valence-corrected chi connectivity index (χ2v) is 3.71. The molecule has 0 aliphatic rings. The number of rotatable bonds is 4. The molecule has 3 nitrogen and oxygen atoms in total. The molecule has 1 rings (SSSR count). The van der Waals surface area contributed by atoms with Crippen LogP contribution in [0.5, 0.6) is 0 Å². The predicted octanol–water partition coefficient (Wildman–Crippen LogP) is 2.03. The van der Waals surface area contributed by atoms with Crippen LogP contribution < -0.4 is 5.32 Å². The van der Waals surface area contributed by atoms with E-state index in [0.717, 1.165) is 16.7 Å².